The van der Waals surface area contributed by atoms with Gasteiger partial charge in [-0.1, -0.05) is 18.2 Å². The maximum Gasteiger partial charge on any atom is 0.274 e. The molecule has 0 radical (unpaired) electrons. The summed E-state index contributed by atoms with van der Waals surface area (Å²) in [6.07, 6.45) is 0. The standard InChI is InChI=1S/C19H15FN2O5S2/c20-14-4-1-2-5-15(14)22(29(24,25)19-6-3-9-28-19)11-18(23)21-13-7-8-16-17(10-13)27-12-26-16/h1-10H,11-12H2,(H,21,23). The smallest absolute Gasteiger partial charge is 0.274 e. The number of nitrogens with one attached hydrogen (secondary N) is 1. The number of carbonyl (C=O) groups is 1. The first-order valence-corrected chi connectivity index (χ1v) is 10.8. The molecule has 4 rings (SSSR count). The monoisotopic (exact) mass is 434 g/mol. The number of fused-ring (bicyclic) bond motifs is 1. The number of sulfonamides is 1. The molecule has 1 aliphatic rings. The van der Waals surface area contributed by atoms with E-state index in [1.165, 1.54) is 24.3 Å². The summed E-state index contributed by atoms with van der Waals surface area (Å²) >= 11 is 0.989. The number of carbonyl (C=O) groups excluding carboxylic acids is 1. The number of rotatable bonds is 6. The van der Waals surface area contributed by atoms with Crippen molar-refractivity contribution in [1.82, 2.24) is 0 Å². The van der Waals surface area contributed by atoms with E-state index < -0.39 is 28.3 Å². The van der Waals surface area contributed by atoms with Crippen molar-refractivity contribution >= 4 is 38.6 Å². The molecule has 0 aliphatic carbocycles. The van der Waals surface area contributed by atoms with Crippen molar-refractivity contribution in [2.75, 3.05) is 23.0 Å². The molecule has 2 aromatic carbocycles. The summed E-state index contributed by atoms with van der Waals surface area (Å²) in [4.78, 5) is 12.6. The van der Waals surface area contributed by atoms with Crippen molar-refractivity contribution in [3.8, 4) is 11.5 Å². The molecule has 150 valence electrons. The molecule has 1 aliphatic heterocycles. The van der Waals surface area contributed by atoms with E-state index in [9.17, 15) is 17.6 Å². The second kappa shape index (κ2) is 7.72. The SMILES string of the molecule is O=C(CN(c1ccccc1F)S(=O)(=O)c1cccs1)Nc1ccc2c(c1)OCO2. The van der Waals surface area contributed by atoms with Crippen LogP contribution in [-0.4, -0.2) is 27.7 Å². The molecule has 0 bridgehead atoms. The molecule has 29 heavy (non-hydrogen) atoms. The predicted octanol–water partition coefficient (Wildman–Crippen LogP) is 3.45. The van der Waals surface area contributed by atoms with Crippen LogP contribution < -0.4 is 19.1 Å². The number of thiophene rings is 1. The number of hydrogen-bond donors (Lipinski definition) is 1. The highest BCUT2D eigenvalue weighted by Gasteiger charge is 2.30. The van der Waals surface area contributed by atoms with Gasteiger partial charge >= 0.3 is 0 Å². The van der Waals surface area contributed by atoms with Gasteiger partial charge in [-0.15, -0.1) is 11.3 Å². The van der Waals surface area contributed by atoms with Crippen LogP contribution in [0.5, 0.6) is 11.5 Å². The van der Waals surface area contributed by atoms with Gasteiger partial charge in [0.25, 0.3) is 10.0 Å². The van der Waals surface area contributed by atoms with Crippen LogP contribution in [0.3, 0.4) is 0 Å². The summed E-state index contributed by atoms with van der Waals surface area (Å²) in [6, 6.07) is 13.2. The highest BCUT2D eigenvalue weighted by atomic mass is 32.2. The third kappa shape index (κ3) is 3.89. The van der Waals surface area contributed by atoms with Gasteiger partial charge in [0.1, 0.15) is 16.6 Å². The zero-order valence-corrected chi connectivity index (χ0v) is 16.5. The normalized spacial score (nSPS) is 12.6. The number of benzene rings is 2. The molecule has 0 spiro atoms. The average molecular weight is 434 g/mol. The summed E-state index contributed by atoms with van der Waals surface area (Å²) < 4.78 is 51.7. The Bertz CT molecular complexity index is 1150. The minimum Gasteiger partial charge on any atom is -0.454 e. The van der Waals surface area contributed by atoms with Crippen LogP contribution in [0.1, 0.15) is 0 Å². The number of ether oxygens (including phenoxy) is 2. The lowest BCUT2D eigenvalue weighted by atomic mass is 10.2. The molecule has 0 atom stereocenters. The van der Waals surface area contributed by atoms with E-state index in [0.29, 0.717) is 17.2 Å². The molecular weight excluding hydrogens is 419 g/mol. The fourth-order valence-corrected chi connectivity index (χ4v) is 5.31. The van der Waals surface area contributed by atoms with Gasteiger partial charge in [-0.2, -0.15) is 0 Å². The number of hydrogen-bond acceptors (Lipinski definition) is 6. The van der Waals surface area contributed by atoms with E-state index in [-0.39, 0.29) is 16.7 Å². The Balaban J connectivity index is 1.62. The Hall–Kier alpha value is -3.11. The number of para-hydroxylation sites is 1. The topological polar surface area (TPSA) is 84.9 Å². The predicted molar refractivity (Wildman–Crippen MR) is 106 cm³/mol. The van der Waals surface area contributed by atoms with Crippen LogP contribution >= 0.6 is 11.3 Å². The minimum absolute atomic E-state index is 0.0108. The first-order chi connectivity index (χ1) is 13.9. The lowest BCUT2D eigenvalue weighted by molar-refractivity contribution is -0.114. The van der Waals surface area contributed by atoms with E-state index in [2.05, 4.69) is 5.32 Å². The first-order valence-electron chi connectivity index (χ1n) is 8.45. The molecule has 1 N–H and O–H groups in total. The minimum atomic E-state index is -4.12. The summed E-state index contributed by atoms with van der Waals surface area (Å²) in [5.74, 6) is -0.355. The number of anilines is 2. The third-order valence-corrected chi connectivity index (χ3v) is 7.24. The van der Waals surface area contributed by atoms with Crippen molar-refractivity contribution in [1.29, 1.82) is 0 Å². The Morgan fingerprint density at radius 3 is 2.66 bits per heavy atom. The largest absolute Gasteiger partial charge is 0.454 e. The maximum absolute atomic E-state index is 14.4. The van der Waals surface area contributed by atoms with Crippen LogP contribution in [0.2, 0.25) is 0 Å². The molecule has 0 fully saturated rings. The first kappa shape index (κ1) is 19.2. The van der Waals surface area contributed by atoms with E-state index >= 15 is 0 Å². The summed E-state index contributed by atoms with van der Waals surface area (Å²) in [6.45, 7) is -0.511. The molecule has 0 saturated heterocycles. The van der Waals surface area contributed by atoms with E-state index in [1.807, 2.05) is 0 Å². The van der Waals surface area contributed by atoms with Crippen LogP contribution in [0.4, 0.5) is 15.8 Å². The van der Waals surface area contributed by atoms with Crippen molar-refractivity contribution in [2.45, 2.75) is 4.21 Å². The van der Waals surface area contributed by atoms with Gasteiger partial charge in [0.2, 0.25) is 12.7 Å². The zero-order valence-electron chi connectivity index (χ0n) is 14.9. The van der Waals surface area contributed by atoms with Gasteiger partial charge in [-0.05, 0) is 35.7 Å². The lowest BCUT2D eigenvalue weighted by Gasteiger charge is -2.23. The Morgan fingerprint density at radius 1 is 1.10 bits per heavy atom. The van der Waals surface area contributed by atoms with Gasteiger partial charge < -0.3 is 14.8 Å². The molecule has 1 aromatic heterocycles. The second-order valence-corrected chi connectivity index (χ2v) is 9.05. The van der Waals surface area contributed by atoms with Crippen molar-refractivity contribution < 1.29 is 27.1 Å². The summed E-state index contributed by atoms with van der Waals surface area (Å²) in [5, 5.41) is 4.21. The van der Waals surface area contributed by atoms with Gasteiger partial charge in [0.05, 0.1) is 5.69 Å². The van der Waals surface area contributed by atoms with Gasteiger partial charge in [0.15, 0.2) is 11.5 Å². The van der Waals surface area contributed by atoms with Gasteiger partial charge in [0, 0.05) is 11.8 Å². The second-order valence-electron chi connectivity index (χ2n) is 6.01. The summed E-state index contributed by atoms with van der Waals surface area (Å²) in [5.41, 5.74) is 0.197. The molecule has 0 unspecified atom stereocenters. The molecule has 2 heterocycles. The maximum atomic E-state index is 14.4. The van der Waals surface area contributed by atoms with Crippen LogP contribution in [0, 0.1) is 5.82 Å². The third-order valence-electron chi connectivity index (χ3n) is 4.10. The summed E-state index contributed by atoms with van der Waals surface area (Å²) in [7, 11) is -4.12. The number of halogens is 1. The van der Waals surface area contributed by atoms with Crippen LogP contribution in [0.25, 0.3) is 0 Å². The van der Waals surface area contributed by atoms with E-state index in [4.69, 9.17) is 9.47 Å². The molecule has 0 saturated carbocycles. The lowest BCUT2D eigenvalue weighted by Crippen LogP contribution is -2.38. The molecule has 3 aromatic rings. The Labute approximate surface area is 170 Å². The molecule has 1 amide bonds. The van der Waals surface area contributed by atoms with Gasteiger partial charge in [-0.3, -0.25) is 9.10 Å². The van der Waals surface area contributed by atoms with E-state index in [0.717, 1.165) is 21.7 Å². The number of amides is 1. The Morgan fingerprint density at radius 2 is 1.90 bits per heavy atom. The average Bonchev–Trinajstić information content (AvgIpc) is 3.38. The molecule has 7 nitrogen and oxygen atoms in total. The molecule has 10 heteroatoms. The zero-order chi connectivity index (χ0) is 20.4. The molecular formula is C19H15FN2O5S2. The quantitative estimate of drug-likeness (QED) is 0.642. The van der Waals surface area contributed by atoms with Gasteiger partial charge in [-0.25, -0.2) is 12.8 Å². The fraction of sp³-hybridized carbons (Fsp3) is 0.105. The van der Waals surface area contributed by atoms with Crippen molar-refractivity contribution in [2.24, 2.45) is 0 Å². The van der Waals surface area contributed by atoms with E-state index in [1.54, 1.807) is 29.6 Å². The highest BCUT2D eigenvalue weighted by Crippen LogP contribution is 2.34. The fourth-order valence-electron chi connectivity index (χ4n) is 2.78. The number of nitrogens with zero attached hydrogens (tertiary/aromatic N) is 1. The van der Waals surface area contributed by atoms with Crippen LogP contribution in [-0.2, 0) is 14.8 Å². The highest BCUT2D eigenvalue weighted by molar-refractivity contribution is 7.94. The van der Waals surface area contributed by atoms with Crippen LogP contribution in [0.15, 0.2) is 64.2 Å². The van der Waals surface area contributed by atoms with Crippen molar-refractivity contribution in [3.63, 3.8) is 0 Å². The van der Waals surface area contributed by atoms with Crippen molar-refractivity contribution in [3.05, 3.63) is 65.8 Å². The Kier molecular flexibility index (Phi) is 5.12.